The summed E-state index contributed by atoms with van der Waals surface area (Å²) in [4.78, 5) is 11.0. The van der Waals surface area contributed by atoms with Crippen molar-refractivity contribution in [2.24, 2.45) is 5.41 Å². The fourth-order valence-electron chi connectivity index (χ4n) is 4.09. The number of nitrogens with zero attached hydrogens (tertiary/aromatic N) is 3. The predicted octanol–water partition coefficient (Wildman–Crippen LogP) is 2.55. The molecule has 128 valence electrons. The molecule has 0 bridgehead atoms. The Morgan fingerprint density at radius 2 is 2.25 bits per heavy atom. The monoisotopic (exact) mass is 328 g/mol. The highest BCUT2D eigenvalue weighted by molar-refractivity contribution is 5.22. The van der Waals surface area contributed by atoms with E-state index in [-0.39, 0.29) is 5.41 Å². The van der Waals surface area contributed by atoms with Crippen LogP contribution in [0, 0.1) is 5.41 Å². The zero-order valence-electron chi connectivity index (χ0n) is 13.9. The van der Waals surface area contributed by atoms with Crippen LogP contribution in [0.1, 0.15) is 24.8 Å². The van der Waals surface area contributed by atoms with E-state index in [4.69, 9.17) is 9.15 Å². The molecule has 0 aliphatic carbocycles. The van der Waals surface area contributed by atoms with E-state index in [0.29, 0.717) is 12.1 Å². The van der Waals surface area contributed by atoms with Crippen molar-refractivity contribution in [1.82, 2.24) is 14.9 Å². The van der Waals surface area contributed by atoms with Crippen molar-refractivity contribution < 1.29 is 9.15 Å². The number of aromatic nitrogens is 2. The summed E-state index contributed by atoms with van der Waals surface area (Å²) in [7, 11) is 0. The Hall–Kier alpha value is -1.92. The molecule has 2 aliphatic heterocycles. The molecule has 2 aromatic rings. The molecule has 4 heterocycles. The van der Waals surface area contributed by atoms with Gasteiger partial charge in [0.05, 0.1) is 18.6 Å². The van der Waals surface area contributed by atoms with Crippen molar-refractivity contribution in [1.29, 1.82) is 0 Å². The SMILES string of the molecule is c1cnc(NCC[C@@]23CCO[C@@H]2CCN(Cc2ccoc2)C3)nc1. The summed E-state index contributed by atoms with van der Waals surface area (Å²) in [5, 5.41) is 3.35. The second-order valence-electron chi connectivity index (χ2n) is 6.85. The third kappa shape index (κ3) is 3.30. The van der Waals surface area contributed by atoms with Crippen LogP contribution < -0.4 is 5.32 Å². The molecule has 2 aliphatic rings. The predicted molar refractivity (Wildman–Crippen MR) is 90.5 cm³/mol. The van der Waals surface area contributed by atoms with Gasteiger partial charge in [0.25, 0.3) is 0 Å². The maximum Gasteiger partial charge on any atom is 0.222 e. The largest absolute Gasteiger partial charge is 0.472 e. The third-order valence-electron chi connectivity index (χ3n) is 5.31. The molecule has 6 heteroatoms. The molecule has 0 amide bonds. The number of hydrogen-bond donors (Lipinski definition) is 1. The van der Waals surface area contributed by atoms with Gasteiger partial charge in [-0.1, -0.05) is 0 Å². The summed E-state index contributed by atoms with van der Waals surface area (Å²) in [5.74, 6) is 0.704. The lowest BCUT2D eigenvalue weighted by Crippen LogP contribution is -2.49. The van der Waals surface area contributed by atoms with E-state index in [1.807, 2.05) is 12.3 Å². The van der Waals surface area contributed by atoms with Gasteiger partial charge in [0.15, 0.2) is 0 Å². The van der Waals surface area contributed by atoms with Gasteiger partial charge in [-0.3, -0.25) is 4.90 Å². The summed E-state index contributed by atoms with van der Waals surface area (Å²) >= 11 is 0. The van der Waals surface area contributed by atoms with E-state index in [0.717, 1.165) is 52.0 Å². The Labute approximate surface area is 142 Å². The summed E-state index contributed by atoms with van der Waals surface area (Å²) < 4.78 is 11.2. The Bertz CT molecular complexity index is 634. The van der Waals surface area contributed by atoms with Gasteiger partial charge in [-0.25, -0.2) is 9.97 Å². The van der Waals surface area contributed by atoms with Crippen LogP contribution in [0.15, 0.2) is 41.5 Å². The molecule has 4 rings (SSSR count). The van der Waals surface area contributed by atoms with Crippen molar-refractivity contribution in [2.75, 3.05) is 31.6 Å². The summed E-state index contributed by atoms with van der Waals surface area (Å²) in [6.07, 6.45) is 10.8. The molecule has 2 aromatic heterocycles. The summed E-state index contributed by atoms with van der Waals surface area (Å²) in [6, 6.07) is 3.89. The van der Waals surface area contributed by atoms with E-state index in [9.17, 15) is 0 Å². The minimum Gasteiger partial charge on any atom is -0.472 e. The van der Waals surface area contributed by atoms with E-state index in [2.05, 4.69) is 26.3 Å². The molecule has 2 fully saturated rings. The number of fused-ring (bicyclic) bond motifs is 1. The summed E-state index contributed by atoms with van der Waals surface area (Å²) in [6.45, 7) is 4.89. The van der Waals surface area contributed by atoms with Gasteiger partial charge < -0.3 is 14.5 Å². The molecule has 0 aromatic carbocycles. The van der Waals surface area contributed by atoms with E-state index >= 15 is 0 Å². The van der Waals surface area contributed by atoms with E-state index < -0.39 is 0 Å². The lowest BCUT2D eigenvalue weighted by atomic mass is 9.74. The highest BCUT2D eigenvalue weighted by Crippen LogP contribution is 2.43. The van der Waals surface area contributed by atoms with Crippen molar-refractivity contribution in [3.05, 3.63) is 42.6 Å². The molecule has 0 radical (unpaired) electrons. The molecular weight excluding hydrogens is 304 g/mol. The lowest BCUT2D eigenvalue weighted by molar-refractivity contribution is -0.0228. The Morgan fingerprint density at radius 1 is 1.33 bits per heavy atom. The number of rotatable bonds is 6. The summed E-state index contributed by atoms with van der Waals surface area (Å²) in [5.41, 5.74) is 1.49. The first-order valence-electron chi connectivity index (χ1n) is 8.70. The van der Waals surface area contributed by atoms with Gasteiger partial charge in [0.2, 0.25) is 5.95 Å². The van der Waals surface area contributed by atoms with Crippen molar-refractivity contribution >= 4 is 5.95 Å². The number of likely N-dealkylation sites (tertiary alicyclic amines) is 1. The standard InChI is InChI=1S/C18H24N4O2/c1-6-19-17(20-7-1)21-8-4-18-5-11-24-16(18)2-9-22(14-18)12-15-3-10-23-13-15/h1,3,6-7,10,13,16H,2,4-5,8-9,11-12,14H2,(H,19,20,21)/t16-,18+/m1/s1. The van der Waals surface area contributed by atoms with E-state index in [1.54, 1.807) is 18.7 Å². The van der Waals surface area contributed by atoms with Crippen LogP contribution in [0.3, 0.4) is 0 Å². The fourth-order valence-corrected chi connectivity index (χ4v) is 4.09. The highest BCUT2D eigenvalue weighted by atomic mass is 16.5. The van der Waals surface area contributed by atoms with Gasteiger partial charge >= 0.3 is 0 Å². The molecule has 0 spiro atoms. The number of furan rings is 1. The van der Waals surface area contributed by atoms with Crippen molar-refractivity contribution in [3.63, 3.8) is 0 Å². The maximum atomic E-state index is 6.04. The van der Waals surface area contributed by atoms with E-state index in [1.165, 1.54) is 5.56 Å². The topological polar surface area (TPSA) is 63.4 Å². The Kier molecular flexibility index (Phi) is 4.49. The quantitative estimate of drug-likeness (QED) is 0.879. The number of anilines is 1. The zero-order chi connectivity index (χ0) is 16.2. The second-order valence-corrected chi connectivity index (χ2v) is 6.85. The Balaban J connectivity index is 1.38. The molecule has 2 atom stereocenters. The maximum absolute atomic E-state index is 6.04. The minimum absolute atomic E-state index is 0.240. The molecular formula is C18H24N4O2. The molecule has 1 N–H and O–H groups in total. The van der Waals surface area contributed by atoms with Crippen LogP contribution in [-0.2, 0) is 11.3 Å². The van der Waals surface area contributed by atoms with Crippen LogP contribution in [0.5, 0.6) is 0 Å². The molecule has 6 nitrogen and oxygen atoms in total. The van der Waals surface area contributed by atoms with Crippen LogP contribution in [0.25, 0.3) is 0 Å². The minimum atomic E-state index is 0.240. The van der Waals surface area contributed by atoms with Crippen LogP contribution in [0.2, 0.25) is 0 Å². The van der Waals surface area contributed by atoms with Crippen LogP contribution in [0.4, 0.5) is 5.95 Å². The molecule has 0 saturated carbocycles. The lowest BCUT2D eigenvalue weighted by Gasteiger charge is -2.44. The van der Waals surface area contributed by atoms with Gasteiger partial charge in [-0.05, 0) is 31.4 Å². The first kappa shape index (κ1) is 15.6. The first-order valence-corrected chi connectivity index (χ1v) is 8.70. The van der Waals surface area contributed by atoms with Gasteiger partial charge in [-0.2, -0.15) is 0 Å². The van der Waals surface area contributed by atoms with Crippen LogP contribution in [-0.4, -0.2) is 47.2 Å². The normalized spacial score (nSPS) is 27.1. The average molecular weight is 328 g/mol. The van der Waals surface area contributed by atoms with Gasteiger partial charge in [-0.15, -0.1) is 0 Å². The fraction of sp³-hybridized carbons (Fsp3) is 0.556. The van der Waals surface area contributed by atoms with Gasteiger partial charge in [0.1, 0.15) is 0 Å². The first-order chi connectivity index (χ1) is 11.8. The highest BCUT2D eigenvalue weighted by Gasteiger charge is 2.47. The zero-order valence-corrected chi connectivity index (χ0v) is 13.9. The molecule has 2 saturated heterocycles. The molecule has 24 heavy (non-hydrogen) atoms. The number of hydrogen-bond acceptors (Lipinski definition) is 6. The number of ether oxygens (including phenoxy) is 1. The van der Waals surface area contributed by atoms with Crippen LogP contribution >= 0.6 is 0 Å². The second kappa shape index (κ2) is 6.91. The third-order valence-corrected chi connectivity index (χ3v) is 5.31. The van der Waals surface area contributed by atoms with Gasteiger partial charge in [0, 0.05) is 56.2 Å². The smallest absolute Gasteiger partial charge is 0.222 e. The number of piperidine rings is 1. The Morgan fingerprint density at radius 3 is 3.08 bits per heavy atom. The number of nitrogens with one attached hydrogen (secondary N) is 1. The van der Waals surface area contributed by atoms with Crippen molar-refractivity contribution in [3.8, 4) is 0 Å². The van der Waals surface area contributed by atoms with Crippen molar-refractivity contribution in [2.45, 2.75) is 31.9 Å². The molecule has 0 unspecified atom stereocenters. The average Bonchev–Trinajstić information content (AvgIpc) is 3.25.